The quantitative estimate of drug-likeness (QED) is 0.690. The molecule has 0 aromatic rings. The molecule has 1 aliphatic carbocycles. The molecule has 3 heteroatoms. The minimum Gasteiger partial charge on any atom is -0.352 e. The Kier molecular flexibility index (Phi) is 2.22. The second-order valence-corrected chi connectivity index (χ2v) is 4.06. The average molecular weight is 178 g/mol. The van der Waals surface area contributed by atoms with Crippen LogP contribution < -0.4 is 5.32 Å². The maximum Gasteiger partial charge on any atom is 0.220 e. The molecule has 70 valence electrons. The van der Waals surface area contributed by atoms with E-state index in [-0.39, 0.29) is 17.9 Å². The second kappa shape index (κ2) is 3.37. The summed E-state index contributed by atoms with van der Waals surface area (Å²) in [6.07, 6.45) is 5.06. The summed E-state index contributed by atoms with van der Waals surface area (Å²) >= 11 is 0. The molecule has 0 aromatic carbocycles. The van der Waals surface area contributed by atoms with E-state index in [1.165, 1.54) is 19.3 Å². The van der Waals surface area contributed by atoms with Gasteiger partial charge in [0.2, 0.25) is 5.91 Å². The highest BCUT2D eigenvalue weighted by molar-refractivity contribution is 5.78. The van der Waals surface area contributed by atoms with Gasteiger partial charge in [0.25, 0.3) is 0 Å². The van der Waals surface area contributed by atoms with Crippen molar-refractivity contribution < 1.29 is 4.79 Å². The molecule has 2 rings (SSSR count). The fraction of sp³-hybridized carbons (Fsp3) is 0.800. The van der Waals surface area contributed by atoms with Gasteiger partial charge in [0.15, 0.2) is 0 Å². The first-order valence-corrected chi connectivity index (χ1v) is 5.00. The van der Waals surface area contributed by atoms with E-state index in [0.29, 0.717) is 12.3 Å². The summed E-state index contributed by atoms with van der Waals surface area (Å²) in [4.78, 5) is 11.0. The lowest BCUT2D eigenvalue weighted by molar-refractivity contribution is -0.119. The summed E-state index contributed by atoms with van der Waals surface area (Å²) in [7, 11) is 0. The number of hydrogen-bond acceptors (Lipinski definition) is 2. The molecule has 1 aliphatic heterocycles. The first-order valence-electron chi connectivity index (χ1n) is 5.00. The lowest BCUT2D eigenvalue weighted by Crippen LogP contribution is -2.38. The number of amides is 1. The maximum atomic E-state index is 11.0. The van der Waals surface area contributed by atoms with Crippen LogP contribution in [0, 0.1) is 23.2 Å². The van der Waals surface area contributed by atoms with E-state index < -0.39 is 0 Å². The van der Waals surface area contributed by atoms with Gasteiger partial charge in [-0.15, -0.1) is 0 Å². The highest BCUT2D eigenvalue weighted by Crippen LogP contribution is 2.36. The normalized spacial score (nSPS) is 30.4. The smallest absolute Gasteiger partial charge is 0.220 e. The van der Waals surface area contributed by atoms with Gasteiger partial charge in [-0.25, -0.2) is 0 Å². The zero-order valence-electron chi connectivity index (χ0n) is 7.62. The predicted octanol–water partition coefficient (Wildman–Crippen LogP) is 1.20. The summed E-state index contributed by atoms with van der Waals surface area (Å²) in [6.45, 7) is 0. The molecule has 2 atom stereocenters. The Balaban J connectivity index is 1.96. The topological polar surface area (TPSA) is 52.9 Å². The van der Waals surface area contributed by atoms with Crippen molar-refractivity contribution in [2.24, 2.45) is 11.8 Å². The van der Waals surface area contributed by atoms with E-state index in [1.807, 2.05) is 0 Å². The molecule has 2 fully saturated rings. The number of carbonyl (C=O) groups excluding carboxylic acids is 1. The average Bonchev–Trinajstić information content (AvgIpc) is 2.43. The van der Waals surface area contributed by atoms with E-state index in [4.69, 9.17) is 5.26 Å². The third kappa shape index (κ3) is 1.53. The molecule has 1 N–H and O–H groups in total. The lowest BCUT2D eigenvalue weighted by Gasteiger charge is -2.32. The highest BCUT2D eigenvalue weighted by Gasteiger charge is 2.36. The number of rotatable bonds is 2. The van der Waals surface area contributed by atoms with Crippen molar-refractivity contribution in [3.63, 3.8) is 0 Å². The Morgan fingerprint density at radius 2 is 2.23 bits per heavy atom. The Labute approximate surface area is 78.1 Å². The van der Waals surface area contributed by atoms with Crippen molar-refractivity contribution in [3.05, 3.63) is 0 Å². The molecule has 0 bridgehead atoms. The van der Waals surface area contributed by atoms with E-state index in [1.54, 1.807) is 0 Å². The second-order valence-electron chi connectivity index (χ2n) is 4.06. The summed E-state index contributed by atoms with van der Waals surface area (Å²) < 4.78 is 0. The zero-order chi connectivity index (χ0) is 9.26. The van der Waals surface area contributed by atoms with Crippen LogP contribution in [0.25, 0.3) is 0 Å². The van der Waals surface area contributed by atoms with Crippen LogP contribution in [-0.2, 0) is 4.79 Å². The molecule has 0 spiro atoms. The predicted molar refractivity (Wildman–Crippen MR) is 47.6 cm³/mol. The SMILES string of the molecule is N#CC(C1CCC1)C1CCC(=O)N1. The Hall–Kier alpha value is -1.04. The summed E-state index contributed by atoms with van der Waals surface area (Å²) in [6, 6.07) is 2.49. The number of nitrogens with one attached hydrogen (secondary N) is 1. The fourth-order valence-corrected chi connectivity index (χ4v) is 2.23. The van der Waals surface area contributed by atoms with Gasteiger partial charge in [-0.3, -0.25) is 4.79 Å². The van der Waals surface area contributed by atoms with Gasteiger partial charge in [-0.05, 0) is 25.2 Å². The first kappa shape index (κ1) is 8.55. The lowest BCUT2D eigenvalue weighted by atomic mass is 9.73. The number of hydrogen-bond donors (Lipinski definition) is 1. The zero-order valence-corrected chi connectivity index (χ0v) is 7.62. The van der Waals surface area contributed by atoms with E-state index in [9.17, 15) is 4.79 Å². The van der Waals surface area contributed by atoms with Crippen LogP contribution in [0.3, 0.4) is 0 Å². The molecular weight excluding hydrogens is 164 g/mol. The Morgan fingerprint density at radius 3 is 2.62 bits per heavy atom. The van der Waals surface area contributed by atoms with Gasteiger partial charge in [-0.1, -0.05) is 6.42 Å². The molecular formula is C10H14N2O. The molecule has 1 heterocycles. The van der Waals surface area contributed by atoms with Crippen LogP contribution in [0.15, 0.2) is 0 Å². The number of carbonyl (C=O) groups is 1. The van der Waals surface area contributed by atoms with Gasteiger partial charge in [0.05, 0.1) is 12.0 Å². The monoisotopic (exact) mass is 178 g/mol. The van der Waals surface area contributed by atoms with Gasteiger partial charge in [0.1, 0.15) is 0 Å². The fourth-order valence-electron chi connectivity index (χ4n) is 2.23. The standard InChI is InChI=1S/C10H14N2O/c11-6-8(7-2-1-3-7)9-4-5-10(13)12-9/h7-9H,1-5H2,(H,12,13). The van der Waals surface area contributed by atoms with Gasteiger partial charge >= 0.3 is 0 Å². The van der Waals surface area contributed by atoms with E-state index >= 15 is 0 Å². The van der Waals surface area contributed by atoms with Crippen molar-refractivity contribution in [3.8, 4) is 6.07 Å². The first-order chi connectivity index (χ1) is 6.31. The van der Waals surface area contributed by atoms with Crippen LogP contribution in [0.2, 0.25) is 0 Å². The van der Waals surface area contributed by atoms with Crippen LogP contribution >= 0.6 is 0 Å². The van der Waals surface area contributed by atoms with Crippen molar-refractivity contribution in [1.82, 2.24) is 5.32 Å². The Morgan fingerprint density at radius 1 is 1.46 bits per heavy atom. The van der Waals surface area contributed by atoms with Crippen LogP contribution in [0.5, 0.6) is 0 Å². The molecule has 1 amide bonds. The van der Waals surface area contributed by atoms with Crippen molar-refractivity contribution in [1.29, 1.82) is 5.26 Å². The molecule has 2 unspecified atom stereocenters. The molecule has 1 saturated heterocycles. The minimum atomic E-state index is 0.0696. The van der Waals surface area contributed by atoms with Crippen molar-refractivity contribution in [2.45, 2.75) is 38.1 Å². The van der Waals surface area contributed by atoms with Crippen LogP contribution in [0.4, 0.5) is 0 Å². The van der Waals surface area contributed by atoms with Crippen LogP contribution in [0.1, 0.15) is 32.1 Å². The van der Waals surface area contributed by atoms with Crippen LogP contribution in [-0.4, -0.2) is 11.9 Å². The molecule has 0 radical (unpaired) electrons. The largest absolute Gasteiger partial charge is 0.352 e. The van der Waals surface area contributed by atoms with E-state index in [2.05, 4.69) is 11.4 Å². The highest BCUT2D eigenvalue weighted by atomic mass is 16.1. The molecule has 1 saturated carbocycles. The third-order valence-electron chi connectivity index (χ3n) is 3.27. The third-order valence-corrected chi connectivity index (χ3v) is 3.27. The minimum absolute atomic E-state index is 0.0696. The van der Waals surface area contributed by atoms with Gasteiger partial charge in [0, 0.05) is 12.5 Å². The van der Waals surface area contributed by atoms with Crippen molar-refractivity contribution >= 4 is 5.91 Å². The summed E-state index contributed by atoms with van der Waals surface area (Å²) in [5.74, 6) is 0.734. The Bertz CT molecular complexity index is 252. The summed E-state index contributed by atoms with van der Waals surface area (Å²) in [5, 5.41) is 11.9. The van der Waals surface area contributed by atoms with Gasteiger partial charge in [-0.2, -0.15) is 5.26 Å². The molecule has 0 aromatic heterocycles. The number of nitriles is 1. The van der Waals surface area contributed by atoms with E-state index in [0.717, 1.165) is 6.42 Å². The molecule has 13 heavy (non-hydrogen) atoms. The van der Waals surface area contributed by atoms with Gasteiger partial charge < -0.3 is 5.32 Å². The molecule has 3 nitrogen and oxygen atoms in total. The summed E-state index contributed by atoms with van der Waals surface area (Å²) in [5.41, 5.74) is 0. The van der Waals surface area contributed by atoms with Crippen molar-refractivity contribution in [2.75, 3.05) is 0 Å². The number of nitrogens with zero attached hydrogens (tertiary/aromatic N) is 1. The maximum absolute atomic E-state index is 11.0. The molecule has 2 aliphatic rings.